The highest BCUT2D eigenvalue weighted by molar-refractivity contribution is 6.17. The van der Waals surface area contributed by atoms with Crippen LogP contribution in [0.1, 0.15) is 5.56 Å². The van der Waals surface area contributed by atoms with Crippen molar-refractivity contribution in [3.05, 3.63) is 78.4 Å². The predicted molar refractivity (Wildman–Crippen MR) is 90.7 cm³/mol. The maximum absolute atomic E-state index is 10.1. The smallest absolute Gasteiger partial charge is 0.177 e. The van der Waals surface area contributed by atoms with Gasteiger partial charge in [-0.05, 0) is 36.4 Å². The number of hydrogen-bond donors (Lipinski definition) is 1. The molecule has 0 saturated carbocycles. The molecule has 0 heterocycles. The Bertz CT molecular complexity index is 773. The fraction of sp³-hybridized carbons (Fsp3) is 0.0526. The lowest BCUT2D eigenvalue weighted by molar-refractivity contribution is 0.401. The Morgan fingerprint density at radius 1 is 0.739 bits per heavy atom. The van der Waals surface area contributed by atoms with Crippen LogP contribution < -0.4 is 9.47 Å². The molecular weight excluding hydrogens is 312 g/mol. The van der Waals surface area contributed by atoms with E-state index in [-0.39, 0.29) is 11.6 Å². The number of phenolic OH excluding ortho intramolecular Hbond substituents is 1. The molecule has 0 aliphatic rings. The lowest BCUT2D eigenvalue weighted by Gasteiger charge is -2.15. The highest BCUT2D eigenvalue weighted by Gasteiger charge is 2.16. The second-order valence-corrected chi connectivity index (χ2v) is 5.12. The van der Waals surface area contributed by atoms with E-state index in [1.54, 1.807) is 6.07 Å². The summed E-state index contributed by atoms with van der Waals surface area (Å²) < 4.78 is 11.7. The first kappa shape index (κ1) is 15.3. The molecule has 0 saturated heterocycles. The van der Waals surface area contributed by atoms with E-state index >= 15 is 0 Å². The van der Waals surface area contributed by atoms with Crippen molar-refractivity contribution >= 4 is 11.6 Å². The number of phenols is 1. The Morgan fingerprint density at radius 2 is 1.30 bits per heavy atom. The molecule has 116 valence electrons. The summed E-state index contributed by atoms with van der Waals surface area (Å²) in [5.41, 5.74) is 0.597. The van der Waals surface area contributed by atoms with Crippen LogP contribution in [0.5, 0.6) is 28.7 Å². The summed E-state index contributed by atoms with van der Waals surface area (Å²) in [6.07, 6.45) is 0. The van der Waals surface area contributed by atoms with Gasteiger partial charge >= 0.3 is 0 Å². The van der Waals surface area contributed by atoms with Gasteiger partial charge in [0.2, 0.25) is 0 Å². The van der Waals surface area contributed by atoms with Crippen LogP contribution in [-0.4, -0.2) is 5.11 Å². The Labute approximate surface area is 139 Å². The minimum atomic E-state index is 0.0184. The minimum Gasteiger partial charge on any atom is -0.504 e. The van der Waals surface area contributed by atoms with Crippen molar-refractivity contribution < 1.29 is 14.6 Å². The molecule has 0 amide bonds. The molecule has 0 radical (unpaired) electrons. The van der Waals surface area contributed by atoms with Crippen LogP contribution in [0.2, 0.25) is 0 Å². The van der Waals surface area contributed by atoms with Crippen molar-refractivity contribution in [2.75, 3.05) is 0 Å². The fourth-order valence-electron chi connectivity index (χ4n) is 2.16. The quantitative estimate of drug-likeness (QED) is 0.610. The summed E-state index contributed by atoms with van der Waals surface area (Å²) in [7, 11) is 0. The lowest BCUT2D eigenvalue weighted by atomic mass is 10.1. The topological polar surface area (TPSA) is 38.7 Å². The van der Waals surface area contributed by atoms with Gasteiger partial charge in [-0.15, -0.1) is 11.6 Å². The van der Waals surface area contributed by atoms with Crippen LogP contribution in [0, 0.1) is 0 Å². The Kier molecular flexibility index (Phi) is 4.69. The third-order valence-electron chi connectivity index (χ3n) is 3.26. The van der Waals surface area contributed by atoms with Crippen LogP contribution >= 0.6 is 11.6 Å². The first-order valence-corrected chi connectivity index (χ1v) is 7.68. The number of hydrogen-bond acceptors (Lipinski definition) is 3. The maximum atomic E-state index is 10.1. The number of alkyl halides is 1. The number of ether oxygens (including phenoxy) is 2. The van der Waals surface area contributed by atoms with Gasteiger partial charge in [0.25, 0.3) is 0 Å². The monoisotopic (exact) mass is 326 g/mol. The average Bonchev–Trinajstić information content (AvgIpc) is 2.60. The fourth-order valence-corrected chi connectivity index (χ4v) is 2.41. The molecule has 0 fully saturated rings. The van der Waals surface area contributed by atoms with E-state index in [1.807, 2.05) is 60.7 Å². The Balaban J connectivity index is 1.97. The van der Waals surface area contributed by atoms with E-state index in [2.05, 4.69) is 0 Å². The summed E-state index contributed by atoms with van der Waals surface area (Å²) >= 11 is 6.07. The highest BCUT2D eigenvalue weighted by atomic mass is 35.5. The number of benzene rings is 3. The molecule has 0 unspecified atom stereocenters. The van der Waals surface area contributed by atoms with Crippen LogP contribution in [0.25, 0.3) is 0 Å². The molecule has 0 bridgehead atoms. The van der Waals surface area contributed by atoms with Crippen molar-refractivity contribution in [3.63, 3.8) is 0 Å². The van der Waals surface area contributed by atoms with Crippen molar-refractivity contribution in [2.45, 2.75) is 5.88 Å². The molecule has 23 heavy (non-hydrogen) atoms. The summed E-state index contributed by atoms with van der Waals surface area (Å²) in [5, 5.41) is 10.1. The van der Waals surface area contributed by atoms with Crippen LogP contribution in [-0.2, 0) is 5.88 Å². The molecule has 0 atom stereocenters. The molecule has 0 aromatic heterocycles. The third kappa shape index (κ3) is 3.58. The first-order chi connectivity index (χ1) is 11.3. The normalized spacial score (nSPS) is 10.3. The van der Waals surface area contributed by atoms with E-state index < -0.39 is 0 Å². The van der Waals surface area contributed by atoms with Crippen molar-refractivity contribution in [1.82, 2.24) is 0 Å². The average molecular weight is 327 g/mol. The van der Waals surface area contributed by atoms with Gasteiger partial charge in [0, 0.05) is 0 Å². The van der Waals surface area contributed by atoms with E-state index in [1.165, 1.54) is 6.07 Å². The maximum Gasteiger partial charge on any atom is 0.177 e. The molecule has 4 heteroatoms. The summed E-state index contributed by atoms with van der Waals surface area (Å²) in [6.45, 7) is 0. The van der Waals surface area contributed by atoms with Gasteiger partial charge in [-0.25, -0.2) is 0 Å². The van der Waals surface area contributed by atoms with Gasteiger partial charge in [0.05, 0.1) is 11.4 Å². The second kappa shape index (κ2) is 7.07. The third-order valence-corrected chi connectivity index (χ3v) is 3.53. The van der Waals surface area contributed by atoms with E-state index in [0.717, 1.165) is 0 Å². The van der Waals surface area contributed by atoms with Crippen LogP contribution in [0.4, 0.5) is 0 Å². The van der Waals surface area contributed by atoms with Crippen molar-refractivity contribution in [3.8, 4) is 28.7 Å². The SMILES string of the molecule is Oc1ccc(Oc2ccccc2)c(CCl)c1Oc1ccccc1. The van der Waals surface area contributed by atoms with Gasteiger partial charge in [0.1, 0.15) is 17.2 Å². The van der Waals surface area contributed by atoms with E-state index in [4.69, 9.17) is 21.1 Å². The number of aromatic hydroxyl groups is 1. The molecule has 3 rings (SSSR count). The molecule has 3 aromatic carbocycles. The predicted octanol–water partition coefficient (Wildman–Crippen LogP) is 5.72. The van der Waals surface area contributed by atoms with Gasteiger partial charge in [-0.2, -0.15) is 0 Å². The highest BCUT2D eigenvalue weighted by Crippen LogP contribution is 2.41. The molecule has 1 N–H and O–H groups in total. The Hall–Kier alpha value is -2.65. The molecule has 3 aromatic rings. The Morgan fingerprint density at radius 3 is 1.87 bits per heavy atom. The standard InChI is InChI=1S/C19H15ClO3/c20-13-16-18(22-14-7-3-1-4-8-14)12-11-17(21)19(16)23-15-9-5-2-6-10-15/h1-12,21H,13H2. The van der Waals surface area contributed by atoms with Gasteiger partial charge in [-0.3, -0.25) is 0 Å². The minimum absolute atomic E-state index is 0.0184. The molecular formula is C19H15ClO3. The van der Waals surface area contributed by atoms with Gasteiger partial charge < -0.3 is 14.6 Å². The first-order valence-electron chi connectivity index (χ1n) is 7.14. The van der Waals surface area contributed by atoms with E-state index in [0.29, 0.717) is 28.6 Å². The zero-order valence-corrected chi connectivity index (χ0v) is 13.0. The zero-order valence-electron chi connectivity index (χ0n) is 12.3. The second-order valence-electron chi connectivity index (χ2n) is 4.85. The number of rotatable bonds is 5. The van der Waals surface area contributed by atoms with Gasteiger partial charge in [0.15, 0.2) is 11.5 Å². The lowest BCUT2D eigenvalue weighted by Crippen LogP contribution is -1.95. The summed E-state index contributed by atoms with van der Waals surface area (Å²) in [5.74, 6) is 2.33. The zero-order chi connectivity index (χ0) is 16.1. The largest absolute Gasteiger partial charge is 0.504 e. The molecule has 3 nitrogen and oxygen atoms in total. The summed E-state index contributed by atoms with van der Waals surface area (Å²) in [4.78, 5) is 0. The van der Waals surface area contributed by atoms with Crippen LogP contribution in [0.15, 0.2) is 72.8 Å². The van der Waals surface area contributed by atoms with Crippen LogP contribution in [0.3, 0.4) is 0 Å². The van der Waals surface area contributed by atoms with Gasteiger partial charge in [-0.1, -0.05) is 36.4 Å². The van der Waals surface area contributed by atoms with E-state index in [9.17, 15) is 5.11 Å². The number of para-hydroxylation sites is 2. The summed E-state index contributed by atoms with van der Waals surface area (Å²) in [6, 6.07) is 21.8. The van der Waals surface area contributed by atoms with Crippen molar-refractivity contribution in [2.24, 2.45) is 0 Å². The molecule has 0 aliphatic carbocycles. The molecule has 0 spiro atoms. The molecule has 0 aliphatic heterocycles. The number of halogens is 1. The van der Waals surface area contributed by atoms with Crippen molar-refractivity contribution in [1.29, 1.82) is 0 Å².